The Labute approximate surface area is 186 Å². The van der Waals surface area contributed by atoms with Crippen molar-refractivity contribution in [1.82, 2.24) is 14.1 Å². The number of aromatic nitrogens is 3. The molecule has 0 amide bonds. The maximum atomic E-state index is 4.27. The second-order valence-corrected chi connectivity index (χ2v) is 6.46. The minimum atomic E-state index is 0. The standard InChI is InChI=1S/C13H14N2.C12H10N.Ir/c1-11-6-4-5-7-13(11)12(2)15-9-8-14(3)10-15;1-10-6-2-3-7-11(10)12-8-4-5-9-13-12;/h4-10H,1-2H2,3H3;2-9H,1H2;/q;-1;. The number of hydrogen-bond donors (Lipinski definition) is 0. The van der Waals surface area contributed by atoms with Crippen molar-refractivity contribution >= 4 is 5.70 Å². The zero-order valence-corrected chi connectivity index (χ0v) is 18.9. The molecule has 0 aliphatic carbocycles. The first-order valence-electron chi connectivity index (χ1n) is 9.02. The minimum absolute atomic E-state index is 0. The Kier molecular flexibility index (Phi) is 8.02. The third-order valence-corrected chi connectivity index (χ3v) is 4.37. The molecule has 0 spiro atoms. The smallest absolute Gasteiger partial charge is 0.164 e. The van der Waals surface area contributed by atoms with Crippen LogP contribution in [0.3, 0.4) is 0 Å². The molecule has 4 aromatic rings. The number of benzene rings is 2. The van der Waals surface area contributed by atoms with Crippen molar-refractivity contribution in [1.29, 1.82) is 0 Å². The summed E-state index contributed by atoms with van der Waals surface area (Å²) in [7, 11) is 1.99. The van der Waals surface area contributed by atoms with Gasteiger partial charge >= 0.3 is 0 Å². The summed E-state index contributed by atoms with van der Waals surface area (Å²) in [6, 6.07) is 21.9. The number of rotatable bonds is 3. The molecule has 0 N–H and O–H groups in total. The van der Waals surface area contributed by atoms with E-state index >= 15 is 0 Å². The van der Waals surface area contributed by atoms with E-state index in [1.807, 2.05) is 102 Å². The van der Waals surface area contributed by atoms with Gasteiger partial charge in [-0.05, 0) is 18.7 Å². The van der Waals surface area contributed by atoms with Gasteiger partial charge in [-0.25, -0.2) is 0 Å². The van der Waals surface area contributed by atoms with Crippen molar-refractivity contribution < 1.29 is 20.1 Å². The van der Waals surface area contributed by atoms with Crippen LogP contribution in [0, 0.1) is 13.8 Å². The van der Waals surface area contributed by atoms with Crippen molar-refractivity contribution in [3.8, 4) is 11.3 Å². The van der Waals surface area contributed by atoms with Crippen LogP contribution in [0.25, 0.3) is 17.0 Å². The van der Waals surface area contributed by atoms with E-state index in [1.165, 1.54) is 0 Å². The second-order valence-electron chi connectivity index (χ2n) is 6.46. The van der Waals surface area contributed by atoms with E-state index in [2.05, 4.69) is 25.4 Å². The third kappa shape index (κ3) is 5.71. The van der Waals surface area contributed by atoms with Crippen LogP contribution in [0.2, 0.25) is 0 Å². The minimum Gasteiger partial charge on any atom is -0.270 e. The van der Waals surface area contributed by atoms with Gasteiger partial charge in [0.25, 0.3) is 0 Å². The van der Waals surface area contributed by atoms with E-state index in [1.54, 1.807) is 6.20 Å². The maximum Gasteiger partial charge on any atom is 0.164 e. The van der Waals surface area contributed by atoms with Crippen LogP contribution in [-0.4, -0.2) is 14.1 Å². The van der Waals surface area contributed by atoms with Crippen LogP contribution in [0.5, 0.6) is 0 Å². The largest absolute Gasteiger partial charge is 0.270 e. The predicted octanol–water partition coefficient (Wildman–Crippen LogP) is 5.74. The van der Waals surface area contributed by atoms with Crippen LogP contribution in [-0.2, 0) is 27.2 Å². The Morgan fingerprint density at radius 3 is 2.14 bits per heavy atom. The van der Waals surface area contributed by atoms with Crippen LogP contribution in [0.4, 0.5) is 0 Å². The summed E-state index contributed by atoms with van der Waals surface area (Å²) in [4.78, 5) is 4.27. The second kappa shape index (κ2) is 10.5. The molecular weight excluding hydrogens is 535 g/mol. The molecule has 0 fully saturated rings. The quantitative estimate of drug-likeness (QED) is 0.294. The third-order valence-electron chi connectivity index (χ3n) is 4.37. The SMILES string of the molecule is C=C(c1ccccc1[CH2-])n1ccn(C)[cH+]1.[CH2-]c1ccccc1-c1ccccn1.[Ir]. The molecular formula is C25H24IrN3-. The summed E-state index contributed by atoms with van der Waals surface area (Å²) >= 11 is 0. The molecule has 0 saturated carbocycles. The van der Waals surface area contributed by atoms with Gasteiger partial charge in [-0.2, -0.15) is 41.7 Å². The van der Waals surface area contributed by atoms with Crippen molar-refractivity contribution in [2.45, 2.75) is 0 Å². The fourth-order valence-corrected chi connectivity index (χ4v) is 2.84. The molecule has 1 radical (unpaired) electrons. The molecule has 0 aliphatic rings. The fourth-order valence-electron chi connectivity index (χ4n) is 2.84. The van der Waals surface area contributed by atoms with E-state index in [4.69, 9.17) is 0 Å². The summed E-state index contributed by atoms with van der Waals surface area (Å²) < 4.78 is 3.97. The normalized spacial score (nSPS) is 9.69. The van der Waals surface area contributed by atoms with Gasteiger partial charge in [-0.3, -0.25) is 9.55 Å². The summed E-state index contributed by atoms with van der Waals surface area (Å²) in [5.41, 5.74) is 6.12. The Morgan fingerprint density at radius 1 is 0.897 bits per heavy atom. The zero-order chi connectivity index (χ0) is 19.9. The van der Waals surface area contributed by atoms with E-state index in [0.717, 1.165) is 33.6 Å². The average molecular weight is 559 g/mol. The van der Waals surface area contributed by atoms with Gasteiger partial charge in [-0.1, -0.05) is 29.8 Å². The Morgan fingerprint density at radius 2 is 1.55 bits per heavy atom. The maximum absolute atomic E-state index is 4.27. The summed E-state index contributed by atoms with van der Waals surface area (Å²) in [5, 5.41) is 0. The van der Waals surface area contributed by atoms with Crippen molar-refractivity contribution in [2.75, 3.05) is 0 Å². The molecule has 2 heterocycles. The average Bonchev–Trinajstić information content (AvgIpc) is 3.16. The Hall–Kier alpha value is -3.07. The first-order valence-corrected chi connectivity index (χ1v) is 9.02. The van der Waals surface area contributed by atoms with Gasteiger partial charge in [-0.15, -0.1) is 23.8 Å². The van der Waals surface area contributed by atoms with Crippen LogP contribution >= 0.6 is 0 Å². The predicted molar refractivity (Wildman–Crippen MR) is 117 cm³/mol. The van der Waals surface area contributed by atoms with Gasteiger partial charge in [0.05, 0.1) is 5.70 Å². The molecule has 0 atom stereocenters. The summed E-state index contributed by atoms with van der Waals surface area (Å²) in [5.74, 6) is 0. The first kappa shape index (κ1) is 22.2. The topological polar surface area (TPSA) is 22.8 Å². The molecule has 4 rings (SSSR count). The molecule has 29 heavy (non-hydrogen) atoms. The monoisotopic (exact) mass is 559 g/mol. The molecule has 0 aliphatic heterocycles. The number of hydrogen-bond acceptors (Lipinski definition) is 1. The van der Waals surface area contributed by atoms with Crippen LogP contribution in [0.15, 0.2) is 98.2 Å². The molecule has 0 bridgehead atoms. The summed E-state index contributed by atoms with van der Waals surface area (Å²) in [6.07, 6.45) is 7.74. The summed E-state index contributed by atoms with van der Waals surface area (Å²) in [6.45, 7) is 12.0. The number of imidazole rings is 1. The molecule has 0 unspecified atom stereocenters. The Bertz CT molecular complexity index is 1070. The van der Waals surface area contributed by atoms with E-state index in [9.17, 15) is 0 Å². The van der Waals surface area contributed by atoms with Gasteiger partial charge in [0.15, 0.2) is 6.33 Å². The molecule has 2 aromatic heterocycles. The van der Waals surface area contributed by atoms with Crippen molar-refractivity contribution in [2.24, 2.45) is 7.05 Å². The van der Waals surface area contributed by atoms with E-state index in [-0.39, 0.29) is 20.1 Å². The molecule has 149 valence electrons. The van der Waals surface area contributed by atoms with Gasteiger partial charge < -0.3 is 0 Å². The van der Waals surface area contributed by atoms with Crippen molar-refractivity contribution in [3.05, 3.63) is 129 Å². The zero-order valence-electron chi connectivity index (χ0n) is 16.5. The van der Waals surface area contributed by atoms with E-state index in [0.29, 0.717) is 0 Å². The van der Waals surface area contributed by atoms with E-state index < -0.39 is 0 Å². The van der Waals surface area contributed by atoms with Crippen LogP contribution < -0.4 is 0 Å². The first-order chi connectivity index (χ1) is 13.6. The number of aryl methyl sites for hydroxylation is 1. The molecule has 0 saturated heterocycles. The number of nitrogens with zero attached hydrogens (tertiary/aromatic N) is 3. The molecule has 4 heteroatoms. The van der Waals surface area contributed by atoms with Crippen molar-refractivity contribution in [3.63, 3.8) is 0 Å². The number of pyridine rings is 1. The van der Waals surface area contributed by atoms with Gasteiger partial charge in [0.1, 0.15) is 12.4 Å². The van der Waals surface area contributed by atoms with Gasteiger partial charge in [0.2, 0.25) is 0 Å². The Balaban J connectivity index is 0.000000202. The molecule has 3 nitrogen and oxygen atoms in total. The molecule has 2 aromatic carbocycles. The van der Waals surface area contributed by atoms with Gasteiger partial charge in [0, 0.05) is 39.0 Å². The van der Waals surface area contributed by atoms with Crippen LogP contribution in [0.1, 0.15) is 16.7 Å². The fraction of sp³-hybridized carbons (Fsp3) is 0.0400.